The van der Waals surface area contributed by atoms with Gasteiger partial charge in [0.2, 0.25) is 0 Å². The van der Waals surface area contributed by atoms with Crippen LogP contribution in [0.15, 0.2) is 24.4 Å². The number of nitrogens with two attached hydrogens (primary N) is 1. The molecule has 0 radical (unpaired) electrons. The Morgan fingerprint density at radius 2 is 2.18 bits per heavy atom. The standard InChI is InChI=1S/C12H14FN3O/c1-7(13)9-5-8(3-4-11(9)17)10-6-15-16(2)12(10)14/h3-7,17H,14H2,1-2H3. The predicted octanol–water partition coefficient (Wildman–Crippen LogP) is 2.41. The van der Waals surface area contributed by atoms with E-state index in [1.807, 2.05) is 0 Å². The maximum Gasteiger partial charge on any atom is 0.129 e. The number of hydrogen-bond donors (Lipinski definition) is 2. The molecule has 1 unspecified atom stereocenters. The van der Waals surface area contributed by atoms with Gasteiger partial charge in [0.1, 0.15) is 17.7 Å². The Bertz CT molecular complexity index is 549. The van der Waals surface area contributed by atoms with Crippen LogP contribution >= 0.6 is 0 Å². The molecule has 5 heteroatoms. The number of aryl methyl sites for hydroxylation is 1. The Kier molecular flexibility index (Phi) is 2.75. The van der Waals surface area contributed by atoms with E-state index in [0.717, 1.165) is 11.1 Å². The number of halogens is 1. The minimum absolute atomic E-state index is 0.0498. The van der Waals surface area contributed by atoms with Gasteiger partial charge in [-0.05, 0) is 24.6 Å². The highest BCUT2D eigenvalue weighted by molar-refractivity contribution is 5.74. The zero-order chi connectivity index (χ0) is 12.6. The van der Waals surface area contributed by atoms with Crippen LogP contribution in [-0.4, -0.2) is 14.9 Å². The molecule has 1 aromatic carbocycles. The van der Waals surface area contributed by atoms with Crippen molar-refractivity contribution in [3.05, 3.63) is 30.0 Å². The lowest BCUT2D eigenvalue weighted by molar-refractivity contribution is 0.356. The van der Waals surface area contributed by atoms with Crippen molar-refractivity contribution in [3.63, 3.8) is 0 Å². The molecule has 2 aromatic rings. The normalized spacial score (nSPS) is 12.6. The molecule has 2 rings (SSSR count). The molecule has 1 aromatic heterocycles. The average Bonchev–Trinajstić information content (AvgIpc) is 2.60. The van der Waals surface area contributed by atoms with Crippen molar-refractivity contribution < 1.29 is 9.50 Å². The highest BCUT2D eigenvalue weighted by Gasteiger charge is 2.13. The first kappa shape index (κ1) is 11.4. The van der Waals surface area contributed by atoms with E-state index in [2.05, 4.69) is 5.10 Å². The summed E-state index contributed by atoms with van der Waals surface area (Å²) in [7, 11) is 1.73. The zero-order valence-electron chi connectivity index (χ0n) is 9.68. The third-order valence-electron chi connectivity index (χ3n) is 2.75. The smallest absolute Gasteiger partial charge is 0.129 e. The number of aromatic hydroxyl groups is 1. The lowest BCUT2D eigenvalue weighted by atomic mass is 10.0. The Labute approximate surface area is 98.5 Å². The van der Waals surface area contributed by atoms with Gasteiger partial charge in [0.25, 0.3) is 0 Å². The Morgan fingerprint density at radius 3 is 2.71 bits per heavy atom. The van der Waals surface area contributed by atoms with Gasteiger partial charge in [-0.15, -0.1) is 0 Å². The van der Waals surface area contributed by atoms with Crippen molar-refractivity contribution in [1.29, 1.82) is 0 Å². The highest BCUT2D eigenvalue weighted by atomic mass is 19.1. The molecule has 1 atom stereocenters. The van der Waals surface area contributed by atoms with Crippen LogP contribution in [0.1, 0.15) is 18.7 Å². The average molecular weight is 235 g/mol. The van der Waals surface area contributed by atoms with Gasteiger partial charge in [0.15, 0.2) is 0 Å². The number of hydrogen-bond acceptors (Lipinski definition) is 3. The van der Waals surface area contributed by atoms with Crippen LogP contribution in [0.2, 0.25) is 0 Å². The lowest BCUT2D eigenvalue weighted by Crippen LogP contribution is -1.98. The monoisotopic (exact) mass is 235 g/mol. The van der Waals surface area contributed by atoms with Crippen LogP contribution in [0, 0.1) is 0 Å². The molecular formula is C12H14FN3O. The number of benzene rings is 1. The van der Waals surface area contributed by atoms with E-state index >= 15 is 0 Å². The van der Waals surface area contributed by atoms with Crippen LogP contribution in [0.3, 0.4) is 0 Å². The Hall–Kier alpha value is -2.04. The molecule has 4 nitrogen and oxygen atoms in total. The van der Waals surface area contributed by atoms with Crippen molar-refractivity contribution in [1.82, 2.24) is 9.78 Å². The van der Waals surface area contributed by atoms with Crippen molar-refractivity contribution in [2.24, 2.45) is 7.05 Å². The second kappa shape index (κ2) is 4.08. The lowest BCUT2D eigenvalue weighted by Gasteiger charge is -2.08. The predicted molar refractivity (Wildman–Crippen MR) is 64.2 cm³/mol. The number of alkyl halides is 1. The number of nitrogen functional groups attached to an aromatic ring is 1. The molecule has 90 valence electrons. The molecule has 0 amide bonds. The summed E-state index contributed by atoms with van der Waals surface area (Å²) in [5.41, 5.74) is 7.57. The maximum absolute atomic E-state index is 13.3. The molecule has 0 fully saturated rings. The van der Waals surface area contributed by atoms with E-state index in [1.165, 1.54) is 13.0 Å². The summed E-state index contributed by atoms with van der Waals surface area (Å²) in [4.78, 5) is 0. The van der Waals surface area contributed by atoms with E-state index in [9.17, 15) is 9.50 Å². The molecule has 0 aliphatic carbocycles. The minimum Gasteiger partial charge on any atom is -0.508 e. The molecule has 0 saturated carbocycles. The molecule has 1 heterocycles. The Morgan fingerprint density at radius 1 is 1.47 bits per heavy atom. The molecule has 0 bridgehead atoms. The fourth-order valence-corrected chi connectivity index (χ4v) is 1.71. The first-order valence-corrected chi connectivity index (χ1v) is 5.25. The SMILES string of the molecule is CC(F)c1cc(-c2cnn(C)c2N)ccc1O. The summed E-state index contributed by atoms with van der Waals surface area (Å²) in [6.07, 6.45) is 0.391. The molecule has 0 saturated heterocycles. The Balaban J connectivity index is 2.54. The van der Waals surface area contributed by atoms with Crippen LogP contribution in [0.5, 0.6) is 5.75 Å². The first-order chi connectivity index (χ1) is 8.00. The second-order valence-corrected chi connectivity index (χ2v) is 3.96. The number of aromatic nitrogens is 2. The van der Waals surface area contributed by atoms with E-state index in [-0.39, 0.29) is 11.3 Å². The van der Waals surface area contributed by atoms with Crippen LogP contribution in [-0.2, 0) is 7.05 Å². The van der Waals surface area contributed by atoms with E-state index < -0.39 is 6.17 Å². The summed E-state index contributed by atoms with van der Waals surface area (Å²) in [5, 5.41) is 13.6. The number of phenolic OH excluding ortho intramolecular Hbond substituents is 1. The van der Waals surface area contributed by atoms with Crippen molar-refractivity contribution in [2.45, 2.75) is 13.1 Å². The summed E-state index contributed by atoms with van der Waals surface area (Å²) in [6.45, 7) is 1.38. The van der Waals surface area contributed by atoms with Gasteiger partial charge < -0.3 is 10.8 Å². The zero-order valence-corrected chi connectivity index (χ0v) is 9.68. The van der Waals surface area contributed by atoms with Crippen LogP contribution < -0.4 is 5.73 Å². The quantitative estimate of drug-likeness (QED) is 0.840. The van der Waals surface area contributed by atoms with Gasteiger partial charge in [-0.1, -0.05) is 6.07 Å². The van der Waals surface area contributed by atoms with Gasteiger partial charge in [0, 0.05) is 18.2 Å². The summed E-state index contributed by atoms with van der Waals surface area (Å²) < 4.78 is 14.8. The third kappa shape index (κ3) is 1.95. The third-order valence-corrected chi connectivity index (χ3v) is 2.75. The first-order valence-electron chi connectivity index (χ1n) is 5.25. The molecule has 0 spiro atoms. The second-order valence-electron chi connectivity index (χ2n) is 3.96. The van der Waals surface area contributed by atoms with Gasteiger partial charge in [-0.25, -0.2) is 4.39 Å². The van der Waals surface area contributed by atoms with Crippen LogP contribution in [0.25, 0.3) is 11.1 Å². The summed E-state index contributed by atoms with van der Waals surface area (Å²) in [5.74, 6) is 0.458. The van der Waals surface area contributed by atoms with Crippen LogP contribution in [0.4, 0.5) is 10.2 Å². The fraction of sp³-hybridized carbons (Fsp3) is 0.250. The van der Waals surface area contributed by atoms with E-state index in [1.54, 1.807) is 30.1 Å². The van der Waals surface area contributed by atoms with Crippen molar-refractivity contribution in [3.8, 4) is 16.9 Å². The number of anilines is 1. The molecular weight excluding hydrogens is 221 g/mol. The highest BCUT2D eigenvalue weighted by Crippen LogP contribution is 2.33. The fourth-order valence-electron chi connectivity index (χ4n) is 1.71. The van der Waals surface area contributed by atoms with Crippen molar-refractivity contribution in [2.75, 3.05) is 5.73 Å². The number of nitrogens with zero attached hydrogens (tertiary/aromatic N) is 2. The van der Waals surface area contributed by atoms with Crippen molar-refractivity contribution >= 4 is 5.82 Å². The summed E-state index contributed by atoms with van der Waals surface area (Å²) in [6, 6.07) is 4.75. The van der Waals surface area contributed by atoms with E-state index in [0.29, 0.717) is 5.82 Å². The molecule has 0 aliphatic rings. The molecule has 0 aliphatic heterocycles. The van der Waals surface area contributed by atoms with Gasteiger partial charge >= 0.3 is 0 Å². The topological polar surface area (TPSA) is 64.1 Å². The number of rotatable bonds is 2. The van der Waals surface area contributed by atoms with Gasteiger partial charge in [-0.2, -0.15) is 5.10 Å². The molecule has 3 N–H and O–H groups in total. The van der Waals surface area contributed by atoms with Gasteiger partial charge in [0.05, 0.1) is 6.20 Å². The van der Waals surface area contributed by atoms with Gasteiger partial charge in [-0.3, -0.25) is 4.68 Å². The summed E-state index contributed by atoms with van der Waals surface area (Å²) >= 11 is 0. The number of phenols is 1. The maximum atomic E-state index is 13.3. The van der Waals surface area contributed by atoms with E-state index in [4.69, 9.17) is 5.73 Å². The largest absolute Gasteiger partial charge is 0.508 e. The molecule has 17 heavy (non-hydrogen) atoms. The minimum atomic E-state index is -1.23.